The molecule has 0 aliphatic heterocycles. The lowest BCUT2D eigenvalue weighted by Gasteiger charge is -2.09. The highest BCUT2D eigenvalue weighted by Crippen LogP contribution is 2.20. The fourth-order valence-corrected chi connectivity index (χ4v) is 1.88. The Hall–Kier alpha value is -2.38. The molecule has 3 rings (SSSR count). The lowest BCUT2D eigenvalue weighted by Crippen LogP contribution is -2.31. The first-order valence-corrected chi connectivity index (χ1v) is 6.74. The number of anilines is 2. The second-order valence-electron chi connectivity index (χ2n) is 4.75. The number of carbonyl (C=O) groups excluding carboxylic acids is 1. The third kappa shape index (κ3) is 2.79. The first-order valence-electron chi connectivity index (χ1n) is 6.74. The summed E-state index contributed by atoms with van der Waals surface area (Å²) in [6.45, 7) is 2.89. The monoisotopic (exact) mass is 275 g/mol. The molecule has 1 aliphatic carbocycles. The predicted molar refractivity (Wildman–Crippen MR) is 75.5 cm³/mol. The van der Waals surface area contributed by atoms with Gasteiger partial charge in [-0.1, -0.05) is 0 Å². The molecule has 1 saturated carbocycles. The van der Waals surface area contributed by atoms with Crippen molar-refractivity contribution in [2.24, 2.45) is 0 Å². The summed E-state index contributed by atoms with van der Waals surface area (Å²) in [5.74, 6) is 1.09. The maximum Gasteiger partial charge on any atom is 0.239 e. The molecule has 0 saturated heterocycles. The average molecular weight is 275 g/mol. The summed E-state index contributed by atoms with van der Waals surface area (Å²) in [4.78, 5) is 20.3. The molecule has 106 valence electrons. The Labute approximate surface area is 115 Å². The minimum atomic E-state index is -0.0206. The maximum absolute atomic E-state index is 11.7. The number of H-pyrrole nitrogens is 1. The lowest BCUT2D eigenvalue weighted by molar-refractivity contribution is -0.119. The molecule has 0 bridgehead atoms. The molecule has 1 fully saturated rings. The Bertz CT molecular complexity index is 619. The molecule has 0 atom stereocenters. The van der Waals surface area contributed by atoms with Crippen molar-refractivity contribution in [3.8, 4) is 0 Å². The fourth-order valence-electron chi connectivity index (χ4n) is 1.88. The van der Waals surface area contributed by atoms with Crippen molar-refractivity contribution in [1.29, 1.82) is 0 Å². The fraction of sp³-hybridized carbons (Fsp3) is 0.500. The standard InChI is InChI=1S/C12H17N7O/c1-2-13-12-17-10(8-5-15-19-11(8)18-12)14-6-9(20)16-7-3-4-7/h5,7H,2-4,6H2,1H3,(H,16,20)(H3,13,14,15,17,18,19). The summed E-state index contributed by atoms with van der Waals surface area (Å²) < 4.78 is 0. The topological polar surface area (TPSA) is 108 Å². The van der Waals surface area contributed by atoms with E-state index in [0.717, 1.165) is 24.8 Å². The van der Waals surface area contributed by atoms with E-state index in [4.69, 9.17) is 0 Å². The van der Waals surface area contributed by atoms with Gasteiger partial charge in [0, 0.05) is 12.6 Å². The summed E-state index contributed by atoms with van der Waals surface area (Å²) in [6.07, 6.45) is 3.80. The van der Waals surface area contributed by atoms with Crippen LogP contribution in [0.15, 0.2) is 6.20 Å². The van der Waals surface area contributed by atoms with Crippen molar-refractivity contribution in [3.05, 3.63) is 6.20 Å². The van der Waals surface area contributed by atoms with Crippen LogP contribution in [0.3, 0.4) is 0 Å². The van der Waals surface area contributed by atoms with E-state index in [1.807, 2.05) is 6.92 Å². The number of rotatable bonds is 6. The van der Waals surface area contributed by atoms with Crippen LogP contribution in [0.1, 0.15) is 19.8 Å². The van der Waals surface area contributed by atoms with Gasteiger partial charge in [-0.15, -0.1) is 0 Å². The van der Waals surface area contributed by atoms with Gasteiger partial charge in [0.15, 0.2) is 5.65 Å². The van der Waals surface area contributed by atoms with E-state index in [1.54, 1.807) is 6.20 Å². The number of hydrogen-bond donors (Lipinski definition) is 4. The summed E-state index contributed by atoms with van der Waals surface area (Å²) in [6, 6.07) is 0.362. The average Bonchev–Trinajstić information content (AvgIpc) is 3.11. The molecule has 0 aromatic carbocycles. The van der Waals surface area contributed by atoms with E-state index in [0.29, 0.717) is 23.5 Å². The first kappa shape index (κ1) is 12.6. The van der Waals surface area contributed by atoms with E-state index in [9.17, 15) is 4.79 Å². The van der Waals surface area contributed by atoms with Crippen LogP contribution >= 0.6 is 0 Å². The largest absolute Gasteiger partial charge is 0.360 e. The Morgan fingerprint density at radius 3 is 3.00 bits per heavy atom. The van der Waals surface area contributed by atoms with Crippen LogP contribution in [0.5, 0.6) is 0 Å². The number of hydrogen-bond acceptors (Lipinski definition) is 6. The number of fused-ring (bicyclic) bond motifs is 1. The number of amides is 1. The first-order chi connectivity index (χ1) is 9.76. The van der Waals surface area contributed by atoms with Gasteiger partial charge in [0.05, 0.1) is 18.1 Å². The van der Waals surface area contributed by atoms with E-state index >= 15 is 0 Å². The predicted octanol–water partition coefficient (Wildman–Crippen LogP) is 0.475. The molecular formula is C12H17N7O. The molecule has 2 aromatic heterocycles. The molecular weight excluding hydrogens is 258 g/mol. The molecule has 8 nitrogen and oxygen atoms in total. The lowest BCUT2D eigenvalue weighted by atomic mass is 10.4. The zero-order valence-corrected chi connectivity index (χ0v) is 11.2. The van der Waals surface area contributed by atoms with Crippen LogP contribution in [0.2, 0.25) is 0 Å². The van der Waals surface area contributed by atoms with Gasteiger partial charge in [0.2, 0.25) is 11.9 Å². The molecule has 1 aliphatic rings. The van der Waals surface area contributed by atoms with Gasteiger partial charge in [-0.2, -0.15) is 15.1 Å². The summed E-state index contributed by atoms with van der Waals surface area (Å²) in [5.41, 5.74) is 0.640. The molecule has 0 radical (unpaired) electrons. The Kier molecular flexibility index (Phi) is 3.36. The normalized spacial score (nSPS) is 14.2. The minimum absolute atomic E-state index is 0.0206. The third-order valence-corrected chi connectivity index (χ3v) is 3.00. The number of nitrogens with one attached hydrogen (secondary N) is 4. The zero-order chi connectivity index (χ0) is 13.9. The highest BCUT2D eigenvalue weighted by Gasteiger charge is 2.23. The van der Waals surface area contributed by atoms with Gasteiger partial charge in [-0.05, 0) is 19.8 Å². The maximum atomic E-state index is 11.7. The van der Waals surface area contributed by atoms with Crippen molar-refractivity contribution in [3.63, 3.8) is 0 Å². The van der Waals surface area contributed by atoms with Crippen LogP contribution < -0.4 is 16.0 Å². The minimum Gasteiger partial charge on any atom is -0.360 e. The van der Waals surface area contributed by atoms with Crippen molar-refractivity contribution >= 4 is 28.7 Å². The summed E-state index contributed by atoms with van der Waals surface area (Å²) in [5, 5.41) is 16.5. The molecule has 8 heteroatoms. The van der Waals surface area contributed by atoms with Crippen LogP contribution in [-0.2, 0) is 4.79 Å². The second-order valence-corrected chi connectivity index (χ2v) is 4.75. The van der Waals surface area contributed by atoms with Gasteiger partial charge in [0.1, 0.15) is 5.82 Å². The third-order valence-electron chi connectivity index (χ3n) is 3.00. The highest BCUT2D eigenvalue weighted by molar-refractivity contribution is 5.89. The summed E-state index contributed by atoms with van der Waals surface area (Å²) in [7, 11) is 0. The molecule has 1 amide bonds. The number of aromatic nitrogens is 4. The van der Waals surface area contributed by atoms with E-state index in [2.05, 4.69) is 36.1 Å². The van der Waals surface area contributed by atoms with Gasteiger partial charge in [-0.3, -0.25) is 9.89 Å². The molecule has 0 spiro atoms. The van der Waals surface area contributed by atoms with Crippen LogP contribution in [-0.4, -0.2) is 45.2 Å². The quantitative estimate of drug-likeness (QED) is 0.610. The Morgan fingerprint density at radius 2 is 2.25 bits per heavy atom. The highest BCUT2D eigenvalue weighted by atomic mass is 16.2. The van der Waals surface area contributed by atoms with Crippen molar-refractivity contribution in [2.45, 2.75) is 25.8 Å². The molecule has 20 heavy (non-hydrogen) atoms. The van der Waals surface area contributed by atoms with Gasteiger partial charge < -0.3 is 16.0 Å². The van der Waals surface area contributed by atoms with E-state index in [1.165, 1.54) is 0 Å². The second kappa shape index (κ2) is 5.32. The van der Waals surface area contributed by atoms with Crippen molar-refractivity contribution in [1.82, 2.24) is 25.5 Å². The van der Waals surface area contributed by atoms with Crippen molar-refractivity contribution < 1.29 is 4.79 Å². The SMILES string of the molecule is CCNc1nc(NCC(=O)NC2CC2)c2cn[nH]c2n1. The van der Waals surface area contributed by atoms with Crippen molar-refractivity contribution in [2.75, 3.05) is 23.7 Å². The number of carbonyl (C=O) groups is 1. The number of aromatic amines is 1. The molecule has 2 aromatic rings. The molecule has 4 N–H and O–H groups in total. The van der Waals surface area contributed by atoms with Gasteiger partial charge in [-0.25, -0.2) is 0 Å². The molecule has 0 unspecified atom stereocenters. The van der Waals surface area contributed by atoms with E-state index in [-0.39, 0.29) is 12.5 Å². The Balaban J connectivity index is 1.74. The van der Waals surface area contributed by atoms with Gasteiger partial charge in [0.25, 0.3) is 0 Å². The smallest absolute Gasteiger partial charge is 0.239 e. The summed E-state index contributed by atoms with van der Waals surface area (Å²) >= 11 is 0. The van der Waals surface area contributed by atoms with Crippen LogP contribution in [0.25, 0.3) is 11.0 Å². The van der Waals surface area contributed by atoms with Crippen LogP contribution in [0, 0.1) is 0 Å². The molecule has 2 heterocycles. The zero-order valence-electron chi connectivity index (χ0n) is 11.2. The van der Waals surface area contributed by atoms with E-state index < -0.39 is 0 Å². The van der Waals surface area contributed by atoms with Crippen LogP contribution in [0.4, 0.5) is 11.8 Å². The Morgan fingerprint density at radius 1 is 1.40 bits per heavy atom. The number of nitrogens with zero attached hydrogens (tertiary/aromatic N) is 3. The van der Waals surface area contributed by atoms with Gasteiger partial charge >= 0.3 is 0 Å².